The molecule has 0 aromatic heterocycles. The zero-order valence-corrected chi connectivity index (χ0v) is 13.7. The highest BCUT2D eigenvalue weighted by Gasteiger charge is 2.30. The first kappa shape index (κ1) is 19.6. The van der Waals surface area contributed by atoms with E-state index >= 15 is 0 Å². The molecule has 0 spiro atoms. The molecule has 1 heterocycles. The largest absolute Gasteiger partial charge is 0.489 e. The summed E-state index contributed by atoms with van der Waals surface area (Å²) in [5.74, 6) is -0.389. The van der Waals surface area contributed by atoms with Gasteiger partial charge in [0.05, 0.1) is 18.4 Å². The van der Waals surface area contributed by atoms with Crippen LogP contribution in [-0.4, -0.2) is 45.0 Å². The average molecular weight is 349 g/mol. The first-order chi connectivity index (χ1) is 10.6. The van der Waals surface area contributed by atoms with Gasteiger partial charge in [-0.1, -0.05) is 0 Å². The normalized spacial score (nSPS) is 20.0. The van der Waals surface area contributed by atoms with E-state index in [-0.39, 0.29) is 30.1 Å². The number of nitrogens with two attached hydrogens (primary N) is 1. The van der Waals surface area contributed by atoms with Gasteiger partial charge in [-0.3, -0.25) is 4.79 Å². The second kappa shape index (κ2) is 9.67. The third-order valence-electron chi connectivity index (χ3n) is 3.41. The van der Waals surface area contributed by atoms with Crippen LogP contribution < -0.4 is 15.8 Å². The number of amides is 1. The molecule has 0 radical (unpaired) electrons. The number of benzene rings is 1. The lowest BCUT2D eigenvalue weighted by Crippen LogP contribution is -2.30. The maximum Gasteiger partial charge on any atom is 0.253 e. The molecule has 23 heavy (non-hydrogen) atoms. The number of hydrogen-bond donors (Lipinski definition) is 2. The zero-order valence-electron chi connectivity index (χ0n) is 12.9. The lowest BCUT2D eigenvalue weighted by molar-refractivity contribution is -0.126. The molecular weight excluding hydrogens is 327 g/mol. The Morgan fingerprint density at radius 1 is 1.43 bits per heavy atom. The highest BCUT2D eigenvalue weighted by Crippen LogP contribution is 2.27. The summed E-state index contributed by atoms with van der Waals surface area (Å²) in [5, 5.41) is 2.65. The lowest BCUT2D eigenvalue weighted by Gasteiger charge is -2.15. The van der Waals surface area contributed by atoms with Crippen LogP contribution in [0.3, 0.4) is 0 Å². The molecule has 130 valence electrons. The van der Waals surface area contributed by atoms with Gasteiger partial charge in [0.25, 0.3) is 5.91 Å². The molecule has 1 aliphatic heterocycles. The van der Waals surface area contributed by atoms with Gasteiger partial charge in [0.2, 0.25) is 0 Å². The van der Waals surface area contributed by atoms with Crippen LogP contribution >= 0.6 is 12.4 Å². The molecule has 2 rings (SSSR count). The van der Waals surface area contributed by atoms with E-state index in [9.17, 15) is 9.18 Å². The second-order valence-electron chi connectivity index (χ2n) is 5.03. The molecule has 1 aliphatic rings. The molecule has 0 saturated carbocycles. The van der Waals surface area contributed by atoms with Gasteiger partial charge in [0, 0.05) is 19.7 Å². The van der Waals surface area contributed by atoms with Crippen molar-refractivity contribution in [1.82, 2.24) is 0 Å². The van der Waals surface area contributed by atoms with Crippen molar-refractivity contribution in [3.8, 4) is 5.75 Å². The number of hydrogen-bond acceptors (Lipinski definition) is 5. The Hall–Kier alpha value is -1.41. The topological polar surface area (TPSA) is 82.8 Å². The molecular formula is C15H22ClFN2O4. The number of nitrogens with one attached hydrogen (secondary N) is 1. The Labute approximate surface area is 140 Å². The van der Waals surface area contributed by atoms with Crippen LogP contribution in [-0.2, 0) is 14.3 Å². The maximum absolute atomic E-state index is 13.4. The highest BCUT2D eigenvalue weighted by atomic mass is 35.5. The van der Waals surface area contributed by atoms with Crippen molar-refractivity contribution in [2.24, 2.45) is 5.73 Å². The predicted molar refractivity (Wildman–Crippen MR) is 86.6 cm³/mol. The number of carbonyl (C=O) groups excluding carboxylic acids is 1. The SMILES string of the molecule is COCCOc1ccc(F)cc1NC(=O)[C@@H]1CC[C@H](CN)O1.Cl. The molecule has 0 aliphatic carbocycles. The van der Waals surface area contributed by atoms with Crippen LogP contribution in [0.5, 0.6) is 5.75 Å². The van der Waals surface area contributed by atoms with Gasteiger partial charge in [-0.05, 0) is 25.0 Å². The van der Waals surface area contributed by atoms with E-state index in [1.165, 1.54) is 18.2 Å². The number of methoxy groups -OCH3 is 1. The quantitative estimate of drug-likeness (QED) is 0.733. The minimum atomic E-state index is -0.566. The number of anilines is 1. The Bertz CT molecular complexity index is 518. The lowest BCUT2D eigenvalue weighted by atomic mass is 10.2. The predicted octanol–water partition coefficient (Wildman–Crippen LogP) is 1.72. The summed E-state index contributed by atoms with van der Waals surface area (Å²) in [6.45, 7) is 1.09. The van der Waals surface area contributed by atoms with Crippen molar-refractivity contribution < 1.29 is 23.4 Å². The van der Waals surface area contributed by atoms with Crippen molar-refractivity contribution in [2.75, 3.05) is 32.2 Å². The molecule has 1 aromatic rings. The minimum Gasteiger partial charge on any atom is -0.489 e. The summed E-state index contributed by atoms with van der Waals surface area (Å²) < 4.78 is 29.3. The average Bonchev–Trinajstić information content (AvgIpc) is 2.99. The summed E-state index contributed by atoms with van der Waals surface area (Å²) in [6.07, 6.45) is 0.682. The zero-order chi connectivity index (χ0) is 15.9. The molecule has 1 amide bonds. The van der Waals surface area contributed by atoms with E-state index in [2.05, 4.69) is 5.32 Å². The summed E-state index contributed by atoms with van der Waals surface area (Å²) in [6, 6.07) is 3.96. The van der Waals surface area contributed by atoms with Gasteiger partial charge in [-0.2, -0.15) is 0 Å². The van der Waals surface area contributed by atoms with E-state index < -0.39 is 11.9 Å². The van der Waals surface area contributed by atoms with Gasteiger partial charge in [-0.15, -0.1) is 12.4 Å². The fraction of sp³-hybridized carbons (Fsp3) is 0.533. The highest BCUT2D eigenvalue weighted by molar-refractivity contribution is 5.95. The Morgan fingerprint density at radius 2 is 2.22 bits per heavy atom. The molecule has 0 bridgehead atoms. The molecule has 2 atom stereocenters. The number of rotatable bonds is 7. The number of ether oxygens (including phenoxy) is 3. The van der Waals surface area contributed by atoms with Gasteiger partial charge in [0.15, 0.2) is 0 Å². The Balaban J connectivity index is 0.00000264. The fourth-order valence-electron chi connectivity index (χ4n) is 2.25. The van der Waals surface area contributed by atoms with Crippen molar-refractivity contribution in [3.05, 3.63) is 24.0 Å². The molecule has 1 saturated heterocycles. The first-order valence-electron chi connectivity index (χ1n) is 7.21. The van der Waals surface area contributed by atoms with Crippen LogP contribution in [0.1, 0.15) is 12.8 Å². The van der Waals surface area contributed by atoms with Crippen LogP contribution in [0.25, 0.3) is 0 Å². The van der Waals surface area contributed by atoms with Crippen molar-refractivity contribution >= 4 is 24.0 Å². The van der Waals surface area contributed by atoms with Crippen LogP contribution in [0, 0.1) is 5.82 Å². The van der Waals surface area contributed by atoms with E-state index in [0.29, 0.717) is 31.9 Å². The van der Waals surface area contributed by atoms with Crippen molar-refractivity contribution in [1.29, 1.82) is 0 Å². The fourth-order valence-corrected chi connectivity index (χ4v) is 2.25. The number of carbonyl (C=O) groups is 1. The Morgan fingerprint density at radius 3 is 2.87 bits per heavy atom. The minimum absolute atomic E-state index is 0. The van der Waals surface area contributed by atoms with Gasteiger partial charge < -0.3 is 25.3 Å². The van der Waals surface area contributed by atoms with Crippen molar-refractivity contribution in [2.45, 2.75) is 25.0 Å². The van der Waals surface area contributed by atoms with Crippen LogP contribution in [0.2, 0.25) is 0 Å². The first-order valence-corrected chi connectivity index (χ1v) is 7.21. The smallest absolute Gasteiger partial charge is 0.253 e. The van der Waals surface area contributed by atoms with E-state index in [1.807, 2.05) is 0 Å². The van der Waals surface area contributed by atoms with E-state index in [4.69, 9.17) is 19.9 Å². The third kappa shape index (κ3) is 5.62. The second-order valence-corrected chi connectivity index (χ2v) is 5.03. The Kier molecular flexibility index (Phi) is 8.25. The van der Waals surface area contributed by atoms with E-state index in [1.54, 1.807) is 7.11 Å². The van der Waals surface area contributed by atoms with Crippen LogP contribution in [0.15, 0.2) is 18.2 Å². The monoisotopic (exact) mass is 348 g/mol. The summed E-state index contributed by atoms with van der Waals surface area (Å²) >= 11 is 0. The molecule has 3 N–H and O–H groups in total. The standard InChI is InChI=1S/C15H21FN2O4.ClH/c1-20-6-7-21-13-4-2-10(16)8-12(13)18-15(19)14-5-3-11(9-17)22-14;/h2,4,8,11,14H,3,5-7,9,17H2,1H3,(H,18,19);1H/t11-,14+;/m1./s1. The van der Waals surface area contributed by atoms with Gasteiger partial charge >= 0.3 is 0 Å². The van der Waals surface area contributed by atoms with Gasteiger partial charge in [0.1, 0.15) is 24.3 Å². The summed E-state index contributed by atoms with van der Waals surface area (Å²) in [5.41, 5.74) is 5.80. The van der Waals surface area contributed by atoms with Crippen molar-refractivity contribution in [3.63, 3.8) is 0 Å². The molecule has 8 heteroatoms. The maximum atomic E-state index is 13.4. The molecule has 1 fully saturated rings. The van der Waals surface area contributed by atoms with Crippen LogP contribution in [0.4, 0.5) is 10.1 Å². The molecule has 0 unspecified atom stereocenters. The number of halogens is 2. The molecule has 6 nitrogen and oxygen atoms in total. The van der Waals surface area contributed by atoms with Gasteiger partial charge in [-0.25, -0.2) is 4.39 Å². The van der Waals surface area contributed by atoms with E-state index in [0.717, 1.165) is 6.42 Å². The third-order valence-corrected chi connectivity index (χ3v) is 3.41. The molecule has 1 aromatic carbocycles. The summed E-state index contributed by atoms with van der Waals surface area (Å²) in [7, 11) is 1.56. The summed E-state index contributed by atoms with van der Waals surface area (Å²) in [4.78, 5) is 12.2.